The van der Waals surface area contributed by atoms with Gasteiger partial charge in [0, 0.05) is 24.2 Å². The minimum atomic E-state index is -4.80. The molecule has 0 aliphatic heterocycles. The standard InChI is InChI=1S/C23H26N2O12S/c1-13(26)11-24(21(23(33)34)16-10-14(38(35,36)37)6-7-18(16)28)8-9-25(12-19(29)30)20(22(31)32)15-4-2-3-5-17(15)27/h2-7,10,20-21,27-28H,8-9,11-12H2,1H3,(H,29,30)(H,31,32)(H,33,34)(H,35,36,37)/t20?,21-/m0/s1. The number of phenolic OH excluding ortho intramolecular Hbond substituents is 2. The molecule has 2 atom stereocenters. The Morgan fingerprint density at radius 1 is 0.789 bits per heavy atom. The molecule has 0 saturated carbocycles. The second-order valence-electron chi connectivity index (χ2n) is 8.27. The van der Waals surface area contributed by atoms with E-state index in [1.165, 1.54) is 24.3 Å². The number of ketones is 1. The number of rotatable bonds is 14. The molecule has 2 aromatic carbocycles. The predicted molar refractivity (Wildman–Crippen MR) is 128 cm³/mol. The second kappa shape index (κ2) is 12.5. The Kier molecular flexibility index (Phi) is 9.90. The van der Waals surface area contributed by atoms with Crippen LogP contribution < -0.4 is 0 Å². The van der Waals surface area contributed by atoms with Gasteiger partial charge in [-0.05, 0) is 31.2 Å². The summed E-state index contributed by atoms with van der Waals surface area (Å²) in [5.74, 6) is -6.22. The van der Waals surface area contributed by atoms with Crippen LogP contribution >= 0.6 is 0 Å². The third-order valence-corrected chi connectivity index (χ3v) is 6.31. The molecule has 15 heteroatoms. The molecule has 0 fully saturated rings. The molecular formula is C23H26N2O12S. The van der Waals surface area contributed by atoms with Gasteiger partial charge in [-0.15, -0.1) is 0 Å². The Hall–Kier alpha value is -4.05. The van der Waals surface area contributed by atoms with E-state index in [0.717, 1.165) is 28.9 Å². The van der Waals surface area contributed by atoms with E-state index in [-0.39, 0.29) is 5.56 Å². The number of carboxylic acid groups (broad SMARTS) is 3. The number of benzene rings is 2. The van der Waals surface area contributed by atoms with Gasteiger partial charge >= 0.3 is 17.9 Å². The third-order valence-electron chi connectivity index (χ3n) is 5.46. The van der Waals surface area contributed by atoms with Crippen molar-refractivity contribution < 1.29 is 57.7 Å². The summed E-state index contributed by atoms with van der Waals surface area (Å²) >= 11 is 0. The maximum atomic E-state index is 12.3. The maximum Gasteiger partial charge on any atom is 0.325 e. The van der Waals surface area contributed by atoms with Crippen molar-refractivity contribution in [1.29, 1.82) is 0 Å². The Morgan fingerprint density at radius 2 is 1.29 bits per heavy atom. The van der Waals surface area contributed by atoms with Crippen molar-refractivity contribution in [3.63, 3.8) is 0 Å². The van der Waals surface area contributed by atoms with Crippen LogP contribution in [0.3, 0.4) is 0 Å². The van der Waals surface area contributed by atoms with Gasteiger partial charge in [0.25, 0.3) is 10.1 Å². The lowest BCUT2D eigenvalue weighted by Crippen LogP contribution is -2.45. The smallest absolute Gasteiger partial charge is 0.325 e. The summed E-state index contributed by atoms with van der Waals surface area (Å²) in [5, 5.41) is 49.6. The van der Waals surface area contributed by atoms with Crippen LogP contribution in [0.1, 0.15) is 30.1 Å². The Bertz CT molecular complexity index is 1330. The zero-order valence-corrected chi connectivity index (χ0v) is 20.8. The molecule has 0 saturated heterocycles. The first-order chi connectivity index (χ1) is 17.6. The number of Topliss-reactive ketones (excluding diaryl/α,β-unsaturated/α-hetero) is 1. The van der Waals surface area contributed by atoms with Crippen molar-refractivity contribution >= 4 is 33.8 Å². The van der Waals surface area contributed by atoms with Crippen LogP contribution in [0.25, 0.3) is 0 Å². The minimum absolute atomic E-state index is 0.132. The minimum Gasteiger partial charge on any atom is -0.508 e. The summed E-state index contributed by atoms with van der Waals surface area (Å²) in [6, 6.07) is 4.19. The van der Waals surface area contributed by atoms with Gasteiger partial charge < -0.3 is 25.5 Å². The van der Waals surface area contributed by atoms with E-state index in [0.29, 0.717) is 6.07 Å². The van der Waals surface area contributed by atoms with Crippen molar-refractivity contribution in [3.8, 4) is 11.5 Å². The van der Waals surface area contributed by atoms with Crippen LogP contribution in [0, 0.1) is 0 Å². The van der Waals surface area contributed by atoms with Crippen molar-refractivity contribution in [2.24, 2.45) is 0 Å². The summed E-state index contributed by atoms with van der Waals surface area (Å²) in [5.41, 5.74) is -0.623. The fraction of sp³-hybridized carbons (Fsp3) is 0.304. The lowest BCUT2D eigenvalue weighted by molar-refractivity contribution is -0.149. The van der Waals surface area contributed by atoms with Crippen molar-refractivity contribution in [2.75, 3.05) is 26.2 Å². The third kappa shape index (κ3) is 7.72. The number of aromatic hydroxyl groups is 2. The molecule has 0 aliphatic carbocycles. The molecule has 14 nitrogen and oxygen atoms in total. The van der Waals surface area contributed by atoms with Gasteiger partial charge in [0.1, 0.15) is 29.4 Å². The van der Waals surface area contributed by atoms with Crippen molar-refractivity contribution in [1.82, 2.24) is 9.80 Å². The molecule has 0 aromatic heterocycles. The topological polar surface area (TPSA) is 230 Å². The van der Waals surface area contributed by atoms with Crippen molar-refractivity contribution in [3.05, 3.63) is 53.6 Å². The highest BCUT2D eigenvalue weighted by Gasteiger charge is 2.35. The predicted octanol–water partition coefficient (Wildman–Crippen LogP) is 0.574. The number of aliphatic carboxylic acids is 3. The van der Waals surface area contributed by atoms with Gasteiger partial charge in [0.2, 0.25) is 0 Å². The molecule has 38 heavy (non-hydrogen) atoms. The van der Waals surface area contributed by atoms with Gasteiger partial charge in [-0.1, -0.05) is 18.2 Å². The van der Waals surface area contributed by atoms with Gasteiger partial charge in [-0.2, -0.15) is 8.42 Å². The number of hydrogen-bond acceptors (Lipinski definition) is 10. The average molecular weight is 555 g/mol. The van der Waals surface area contributed by atoms with E-state index in [1.54, 1.807) is 0 Å². The molecule has 1 unspecified atom stereocenters. The van der Waals surface area contributed by atoms with Gasteiger partial charge in [0.15, 0.2) is 0 Å². The number of hydrogen-bond donors (Lipinski definition) is 6. The largest absolute Gasteiger partial charge is 0.508 e. The van der Waals surface area contributed by atoms with E-state index in [1.807, 2.05) is 0 Å². The van der Waals surface area contributed by atoms with Crippen LogP contribution in [-0.2, 0) is 29.3 Å². The summed E-state index contributed by atoms with van der Waals surface area (Å²) in [7, 11) is -4.80. The molecule has 206 valence electrons. The lowest BCUT2D eigenvalue weighted by atomic mass is 10.0. The fourth-order valence-electron chi connectivity index (χ4n) is 3.92. The summed E-state index contributed by atoms with van der Waals surface area (Å²) in [6.07, 6.45) is 0. The molecule has 2 aromatic rings. The lowest BCUT2D eigenvalue weighted by Gasteiger charge is -2.33. The first kappa shape index (κ1) is 30.2. The number of carboxylic acids is 3. The zero-order valence-electron chi connectivity index (χ0n) is 20.0. The summed E-state index contributed by atoms with van der Waals surface area (Å²) < 4.78 is 32.5. The maximum absolute atomic E-state index is 12.3. The Morgan fingerprint density at radius 3 is 1.76 bits per heavy atom. The Labute approximate surface area is 216 Å². The molecule has 0 spiro atoms. The zero-order chi connectivity index (χ0) is 28.8. The van der Waals surface area contributed by atoms with Crippen molar-refractivity contribution in [2.45, 2.75) is 23.9 Å². The Balaban J connectivity index is 2.55. The van der Waals surface area contributed by atoms with E-state index in [2.05, 4.69) is 0 Å². The fourth-order valence-corrected chi connectivity index (χ4v) is 4.43. The van der Waals surface area contributed by atoms with Gasteiger partial charge in [0.05, 0.1) is 18.0 Å². The normalized spacial score (nSPS) is 13.3. The van der Waals surface area contributed by atoms with Gasteiger partial charge in [-0.25, -0.2) is 0 Å². The van der Waals surface area contributed by atoms with Crippen LogP contribution in [0.2, 0.25) is 0 Å². The monoisotopic (exact) mass is 554 g/mol. The molecule has 0 amide bonds. The van der Waals surface area contributed by atoms with Gasteiger partial charge in [-0.3, -0.25) is 33.5 Å². The van der Waals surface area contributed by atoms with Crippen LogP contribution in [0.4, 0.5) is 0 Å². The second-order valence-corrected chi connectivity index (χ2v) is 9.69. The molecular weight excluding hydrogens is 528 g/mol. The van der Waals surface area contributed by atoms with Crippen LogP contribution in [0.15, 0.2) is 47.4 Å². The first-order valence-corrected chi connectivity index (χ1v) is 12.3. The molecule has 6 N–H and O–H groups in total. The average Bonchev–Trinajstić information content (AvgIpc) is 2.78. The van der Waals surface area contributed by atoms with E-state index < -0.39 is 94.0 Å². The van der Waals surface area contributed by atoms with E-state index in [4.69, 9.17) is 0 Å². The highest BCUT2D eigenvalue weighted by atomic mass is 32.2. The quantitative estimate of drug-likeness (QED) is 0.175. The summed E-state index contributed by atoms with van der Waals surface area (Å²) in [6.45, 7) is -1.19. The number of carbonyl (C=O) groups excluding carboxylic acids is 1. The number of carbonyl (C=O) groups is 4. The highest BCUT2D eigenvalue weighted by molar-refractivity contribution is 7.85. The number of para-hydroxylation sites is 1. The molecule has 0 heterocycles. The highest BCUT2D eigenvalue weighted by Crippen LogP contribution is 2.33. The molecule has 2 rings (SSSR count). The molecule has 0 radical (unpaired) electrons. The van der Waals surface area contributed by atoms with E-state index >= 15 is 0 Å². The van der Waals surface area contributed by atoms with E-state index in [9.17, 15) is 57.7 Å². The first-order valence-electron chi connectivity index (χ1n) is 10.9. The molecule has 0 aliphatic rings. The van der Waals surface area contributed by atoms with Crippen LogP contribution in [0.5, 0.6) is 11.5 Å². The number of phenols is 2. The van der Waals surface area contributed by atoms with Crippen LogP contribution in [-0.4, -0.2) is 98.2 Å². The number of nitrogens with zero attached hydrogens (tertiary/aromatic N) is 2. The summed E-state index contributed by atoms with van der Waals surface area (Å²) in [4.78, 5) is 49.1. The molecule has 0 bridgehead atoms. The SMILES string of the molecule is CC(=O)CN(CCN(CC(=O)O)C(C(=O)O)c1ccccc1O)[C@H](C(=O)O)c1cc(S(=O)(=O)O)ccc1O.